The van der Waals surface area contributed by atoms with Gasteiger partial charge in [0.1, 0.15) is 0 Å². The summed E-state index contributed by atoms with van der Waals surface area (Å²) in [7, 11) is 0. The van der Waals surface area contributed by atoms with Crippen LogP contribution in [0.4, 0.5) is 0 Å². The summed E-state index contributed by atoms with van der Waals surface area (Å²) in [4.78, 5) is 20.4. The molecule has 0 bridgehead atoms. The molecule has 0 fully saturated rings. The van der Waals surface area contributed by atoms with E-state index >= 15 is 0 Å². The van der Waals surface area contributed by atoms with E-state index in [4.69, 9.17) is 0 Å². The molecule has 0 atom stereocenters. The minimum atomic E-state index is -0.903. The summed E-state index contributed by atoms with van der Waals surface area (Å²) in [5.74, 6) is -1.81. The molecule has 0 saturated heterocycles. The smallest absolute Gasteiger partial charge is 0.550 e. The van der Waals surface area contributed by atoms with Crippen LogP contribution >= 0.6 is 0 Å². The van der Waals surface area contributed by atoms with Crippen molar-refractivity contribution >= 4 is 38.1 Å². The van der Waals surface area contributed by atoms with E-state index in [-0.39, 0.29) is 39.0 Å². The van der Waals surface area contributed by atoms with Crippen LogP contribution in [-0.4, -0.2) is 38.1 Å². The molecule has 0 aromatic heterocycles. The molecule has 0 aromatic carbocycles. The molecule has 0 spiro atoms. The third-order valence-electron chi connectivity index (χ3n) is 7.97. The first-order valence-corrected chi connectivity index (χ1v) is 17.9. The summed E-state index contributed by atoms with van der Waals surface area (Å²) in [6.07, 6.45) is 39.7. The molecule has 0 N–H and O–H groups in total. The number of hydrogen-bond acceptors (Lipinski definition) is 4. The molecule has 0 amide bonds. The summed E-state index contributed by atoms with van der Waals surface area (Å²) < 4.78 is 0. The Bertz CT molecular complexity index is 454. The van der Waals surface area contributed by atoms with Crippen LogP contribution in [0.5, 0.6) is 0 Å². The summed E-state index contributed by atoms with van der Waals surface area (Å²) in [5, 5.41) is 20.4. The van der Waals surface area contributed by atoms with Gasteiger partial charge in [0.15, 0.2) is 0 Å². The van der Waals surface area contributed by atoms with Crippen molar-refractivity contribution in [2.75, 3.05) is 0 Å². The van der Waals surface area contributed by atoms with Gasteiger partial charge in [0, 0.05) is 11.9 Å². The maximum atomic E-state index is 10.2. The largest absolute Gasteiger partial charge is 2.00 e. The average Bonchev–Trinajstić information content (AvgIpc) is 2.93. The van der Waals surface area contributed by atoms with Gasteiger partial charge in [-0.05, 0) is 25.7 Å². The fourth-order valence-corrected chi connectivity index (χ4v) is 5.28. The molecule has 0 aromatic rings. The van der Waals surface area contributed by atoms with E-state index in [1.807, 2.05) is 0 Å². The van der Waals surface area contributed by atoms with Crippen LogP contribution in [-0.2, 0) is 9.59 Å². The quantitative estimate of drug-likeness (QED) is 0.0504. The van der Waals surface area contributed by atoms with E-state index in [2.05, 4.69) is 13.8 Å². The Balaban J connectivity index is -0.000000688. The maximum Gasteiger partial charge on any atom is 2.00 e. The van der Waals surface area contributed by atoms with Gasteiger partial charge in [0.2, 0.25) is 0 Å². The van der Waals surface area contributed by atoms with Gasteiger partial charge in [0.05, 0.1) is 0 Å². The standard InChI is InChI=1S/2C18H36O2.Bi/c2*1-2-3-4-5-6-7-8-9-10-11-12-13-14-15-16-17-18(19)20;/h2*2-17H2,1H3,(H,19,20);/q;;+2/p-2. The molecule has 0 heterocycles. The first kappa shape index (κ1) is 45.3. The summed E-state index contributed by atoms with van der Waals surface area (Å²) in [5.41, 5.74) is 0. The van der Waals surface area contributed by atoms with Crippen LogP contribution in [0.1, 0.15) is 219 Å². The summed E-state index contributed by atoms with van der Waals surface area (Å²) in [6.45, 7) is 4.53. The Kier molecular flexibility index (Phi) is 46.3. The first-order valence-electron chi connectivity index (χ1n) is 17.9. The van der Waals surface area contributed by atoms with E-state index in [1.54, 1.807) is 0 Å². The van der Waals surface area contributed by atoms with Crippen LogP contribution in [0.2, 0.25) is 0 Å². The van der Waals surface area contributed by atoms with Crippen molar-refractivity contribution in [3.05, 3.63) is 0 Å². The van der Waals surface area contributed by atoms with Gasteiger partial charge in [-0.3, -0.25) is 0 Å². The minimum Gasteiger partial charge on any atom is -0.550 e. The molecule has 0 aliphatic heterocycles. The zero-order valence-electron chi connectivity index (χ0n) is 27.7. The summed E-state index contributed by atoms with van der Waals surface area (Å²) >= 11 is 0. The molecule has 0 unspecified atom stereocenters. The average molecular weight is 776 g/mol. The molecule has 5 heteroatoms. The van der Waals surface area contributed by atoms with Crippen LogP contribution in [0.25, 0.3) is 0 Å². The molecule has 4 nitrogen and oxygen atoms in total. The van der Waals surface area contributed by atoms with Gasteiger partial charge in [0.25, 0.3) is 0 Å². The fraction of sp³-hybridized carbons (Fsp3) is 0.944. The zero-order chi connectivity index (χ0) is 29.8. The molecular weight excluding hydrogens is 705 g/mol. The Morgan fingerprint density at radius 3 is 0.610 bits per heavy atom. The number of hydrogen-bond donors (Lipinski definition) is 0. The summed E-state index contributed by atoms with van der Waals surface area (Å²) in [6, 6.07) is 0. The van der Waals surface area contributed by atoms with Crippen LogP contribution in [0, 0.1) is 0 Å². The molecule has 0 saturated carbocycles. The SMILES string of the molecule is CCCCCCCCCCCCCCCCCC(=O)[O-].CCCCCCCCCCCCCCCCCC(=O)[O-].[Bi+2]. The Morgan fingerprint density at radius 2 is 0.463 bits per heavy atom. The number of aliphatic carboxylic acids is 2. The fourth-order valence-electron chi connectivity index (χ4n) is 5.28. The van der Waals surface area contributed by atoms with Crippen molar-refractivity contribution in [1.29, 1.82) is 0 Å². The molecule has 0 rings (SSSR count). The van der Waals surface area contributed by atoms with Crippen molar-refractivity contribution in [3.8, 4) is 0 Å². The van der Waals surface area contributed by atoms with Gasteiger partial charge in [-0.1, -0.05) is 194 Å². The number of unbranched alkanes of at least 4 members (excludes halogenated alkanes) is 28. The number of carboxylic acids is 2. The Morgan fingerprint density at radius 1 is 0.317 bits per heavy atom. The topological polar surface area (TPSA) is 80.3 Å². The third kappa shape index (κ3) is 49.8. The molecule has 0 aliphatic carbocycles. The van der Waals surface area contributed by atoms with E-state index in [0.717, 1.165) is 25.7 Å². The molecule has 0 aliphatic rings. The van der Waals surface area contributed by atoms with Gasteiger partial charge in [-0.2, -0.15) is 0 Å². The monoisotopic (exact) mass is 776 g/mol. The Hall–Kier alpha value is -0.177. The van der Waals surface area contributed by atoms with E-state index in [1.165, 1.54) is 167 Å². The second kappa shape index (κ2) is 42.0. The molecule has 243 valence electrons. The van der Waals surface area contributed by atoms with Crippen molar-refractivity contribution in [1.82, 2.24) is 0 Å². The van der Waals surface area contributed by atoms with E-state index in [0.29, 0.717) is 0 Å². The van der Waals surface area contributed by atoms with Crippen LogP contribution in [0.3, 0.4) is 0 Å². The minimum absolute atomic E-state index is 0. The molecule has 41 heavy (non-hydrogen) atoms. The van der Waals surface area contributed by atoms with Crippen molar-refractivity contribution in [2.45, 2.75) is 219 Å². The zero-order valence-corrected chi connectivity index (χ0v) is 31.2. The molecular formula is C36H70BiO4. The predicted octanol–water partition coefficient (Wildman–Crippen LogP) is 9.61. The molecule has 3 radical (unpaired) electrons. The van der Waals surface area contributed by atoms with Gasteiger partial charge in [-0.15, -0.1) is 0 Å². The second-order valence-electron chi connectivity index (χ2n) is 12.1. The Labute approximate surface area is 276 Å². The van der Waals surface area contributed by atoms with Crippen molar-refractivity contribution in [3.63, 3.8) is 0 Å². The van der Waals surface area contributed by atoms with Crippen molar-refractivity contribution in [2.24, 2.45) is 0 Å². The number of carboxylic acid groups (broad SMARTS) is 2. The normalized spacial score (nSPS) is 10.6. The first-order chi connectivity index (χ1) is 19.5. The van der Waals surface area contributed by atoms with Crippen LogP contribution in [0.15, 0.2) is 0 Å². The van der Waals surface area contributed by atoms with Gasteiger partial charge < -0.3 is 19.8 Å². The number of carbonyl (C=O) groups is 2. The van der Waals surface area contributed by atoms with Gasteiger partial charge >= 0.3 is 26.2 Å². The second-order valence-corrected chi connectivity index (χ2v) is 12.1. The predicted molar refractivity (Wildman–Crippen MR) is 175 cm³/mol. The van der Waals surface area contributed by atoms with E-state index < -0.39 is 11.9 Å². The van der Waals surface area contributed by atoms with Crippen LogP contribution < -0.4 is 10.2 Å². The van der Waals surface area contributed by atoms with Gasteiger partial charge in [-0.25, -0.2) is 0 Å². The van der Waals surface area contributed by atoms with Crippen molar-refractivity contribution < 1.29 is 19.8 Å². The number of rotatable bonds is 32. The third-order valence-corrected chi connectivity index (χ3v) is 7.97. The van der Waals surface area contributed by atoms with E-state index in [9.17, 15) is 19.8 Å². The number of carbonyl (C=O) groups excluding carboxylic acids is 2. The maximum absolute atomic E-state index is 10.2.